The summed E-state index contributed by atoms with van der Waals surface area (Å²) in [4.78, 5) is 20.1. The van der Waals surface area contributed by atoms with Gasteiger partial charge in [-0.25, -0.2) is 14.4 Å². The van der Waals surface area contributed by atoms with Crippen LogP contribution in [0.25, 0.3) is 0 Å². The fourth-order valence-electron chi connectivity index (χ4n) is 2.17. The number of alkyl halides is 3. The molecule has 0 saturated carbocycles. The molecule has 0 saturated heterocycles. The quantitative estimate of drug-likeness (QED) is 0.652. The molecule has 1 amide bonds. The molecular weight excluding hydrogens is 364 g/mol. The van der Waals surface area contributed by atoms with Gasteiger partial charge in [-0.1, -0.05) is 12.1 Å². The topological polar surface area (TPSA) is 66.9 Å². The van der Waals surface area contributed by atoms with Crippen LogP contribution in [0.5, 0.6) is 0 Å². The first-order valence-electron chi connectivity index (χ1n) is 7.66. The van der Waals surface area contributed by atoms with Crippen molar-refractivity contribution >= 4 is 23.2 Å². The molecule has 3 aromatic rings. The number of halogens is 4. The molecule has 0 aliphatic heterocycles. The summed E-state index contributed by atoms with van der Waals surface area (Å²) in [7, 11) is 0. The number of amides is 1. The van der Waals surface area contributed by atoms with E-state index in [1.165, 1.54) is 30.5 Å². The molecule has 2 N–H and O–H groups in total. The first-order valence-corrected chi connectivity index (χ1v) is 7.66. The Labute approximate surface area is 151 Å². The SMILES string of the molecule is O=C(Nc1ccc(C(F)(F)F)cc1)c1ccnc(Nc2ccccc2F)n1. The third kappa shape index (κ3) is 4.57. The number of hydrogen-bond acceptors (Lipinski definition) is 4. The van der Waals surface area contributed by atoms with Crippen LogP contribution >= 0.6 is 0 Å². The molecule has 0 bridgehead atoms. The lowest BCUT2D eigenvalue weighted by atomic mass is 10.2. The summed E-state index contributed by atoms with van der Waals surface area (Å²) in [6.45, 7) is 0. The van der Waals surface area contributed by atoms with Crippen molar-refractivity contribution in [3.8, 4) is 0 Å². The Kier molecular flexibility index (Phi) is 5.02. The molecule has 138 valence electrons. The van der Waals surface area contributed by atoms with Crippen molar-refractivity contribution in [2.75, 3.05) is 10.6 Å². The van der Waals surface area contributed by atoms with Crippen molar-refractivity contribution in [3.63, 3.8) is 0 Å². The normalized spacial score (nSPS) is 11.1. The molecule has 1 heterocycles. The van der Waals surface area contributed by atoms with Crippen LogP contribution in [0, 0.1) is 5.82 Å². The van der Waals surface area contributed by atoms with E-state index in [9.17, 15) is 22.4 Å². The van der Waals surface area contributed by atoms with Gasteiger partial charge in [-0.05, 0) is 42.5 Å². The number of anilines is 3. The number of carbonyl (C=O) groups excluding carboxylic acids is 1. The molecule has 1 aromatic heterocycles. The van der Waals surface area contributed by atoms with Gasteiger partial charge in [-0.15, -0.1) is 0 Å². The van der Waals surface area contributed by atoms with E-state index < -0.39 is 23.5 Å². The Bertz CT molecular complexity index is 958. The number of rotatable bonds is 4. The minimum Gasteiger partial charge on any atom is -0.322 e. The maximum absolute atomic E-state index is 13.7. The average Bonchev–Trinajstić information content (AvgIpc) is 2.63. The highest BCUT2D eigenvalue weighted by atomic mass is 19.4. The van der Waals surface area contributed by atoms with E-state index in [4.69, 9.17) is 0 Å². The molecular formula is C18H12F4N4O. The zero-order valence-corrected chi connectivity index (χ0v) is 13.6. The smallest absolute Gasteiger partial charge is 0.322 e. The van der Waals surface area contributed by atoms with E-state index in [1.807, 2.05) is 0 Å². The van der Waals surface area contributed by atoms with Crippen LogP contribution in [-0.4, -0.2) is 15.9 Å². The second kappa shape index (κ2) is 7.40. The molecule has 0 fully saturated rings. The van der Waals surface area contributed by atoms with Gasteiger partial charge >= 0.3 is 6.18 Å². The lowest BCUT2D eigenvalue weighted by molar-refractivity contribution is -0.137. The van der Waals surface area contributed by atoms with Gasteiger partial charge in [0, 0.05) is 11.9 Å². The third-order valence-corrected chi connectivity index (χ3v) is 3.48. The van der Waals surface area contributed by atoms with E-state index in [1.54, 1.807) is 6.07 Å². The van der Waals surface area contributed by atoms with E-state index in [0.29, 0.717) is 0 Å². The number of nitrogens with one attached hydrogen (secondary N) is 2. The molecule has 0 aliphatic rings. The summed E-state index contributed by atoms with van der Waals surface area (Å²) in [6.07, 6.45) is -3.15. The predicted octanol–water partition coefficient (Wildman–Crippen LogP) is 4.63. The van der Waals surface area contributed by atoms with Crippen LogP contribution in [-0.2, 0) is 6.18 Å². The van der Waals surface area contributed by atoms with Crippen LogP contribution in [0.3, 0.4) is 0 Å². The molecule has 0 unspecified atom stereocenters. The Balaban J connectivity index is 1.73. The lowest BCUT2D eigenvalue weighted by Gasteiger charge is -2.09. The van der Waals surface area contributed by atoms with Crippen molar-refractivity contribution in [1.29, 1.82) is 0 Å². The van der Waals surface area contributed by atoms with Gasteiger partial charge in [-0.2, -0.15) is 13.2 Å². The molecule has 0 radical (unpaired) electrons. The third-order valence-electron chi connectivity index (χ3n) is 3.48. The minimum absolute atomic E-state index is 0.000157. The molecule has 0 atom stereocenters. The largest absolute Gasteiger partial charge is 0.416 e. The fourth-order valence-corrected chi connectivity index (χ4v) is 2.17. The Hall–Kier alpha value is -3.49. The maximum Gasteiger partial charge on any atom is 0.416 e. The molecule has 27 heavy (non-hydrogen) atoms. The predicted molar refractivity (Wildman–Crippen MR) is 91.1 cm³/mol. The van der Waals surface area contributed by atoms with E-state index in [2.05, 4.69) is 20.6 Å². The first-order chi connectivity index (χ1) is 12.8. The van der Waals surface area contributed by atoms with E-state index >= 15 is 0 Å². The summed E-state index contributed by atoms with van der Waals surface area (Å²) in [6, 6.07) is 11.2. The Morgan fingerprint density at radius 1 is 0.963 bits per heavy atom. The van der Waals surface area contributed by atoms with Gasteiger partial charge in [0.25, 0.3) is 5.91 Å². The summed E-state index contributed by atoms with van der Waals surface area (Å²) in [5, 5.41) is 5.09. The highest BCUT2D eigenvalue weighted by molar-refractivity contribution is 6.03. The standard InChI is InChI=1S/C18H12F4N4O/c19-13-3-1-2-4-14(13)25-17-23-10-9-15(26-17)16(27)24-12-7-5-11(6-8-12)18(20,21)22/h1-10H,(H,24,27)(H,23,25,26). The number of aromatic nitrogens is 2. The van der Waals surface area contributed by atoms with E-state index in [-0.39, 0.29) is 23.0 Å². The zero-order chi connectivity index (χ0) is 19.4. The van der Waals surface area contributed by atoms with Gasteiger partial charge in [0.2, 0.25) is 5.95 Å². The lowest BCUT2D eigenvalue weighted by Crippen LogP contribution is -2.15. The molecule has 5 nitrogen and oxygen atoms in total. The van der Waals surface area contributed by atoms with Gasteiger partial charge in [-0.3, -0.25) is 4.79 Å². The fraction of sp³-hybridized carbons (Fsp3) is 0.0556. The van der Waals surface area contributed by atoms with Crippen LogP contribution in [0.1, 0.15) is 16.1 Å². The van der Waals surface area contributed by atoms with Crippen LogP contribution in [0.15, 0.2) is 60.8 Å². The van der Waals surface area contributed by atoms with E-state index in [0.717, 1.165) is 24.3 Å². The monoisotopic (exact) mass is 376 g/mol. The second-order valence-electron chi connectivity index (χ2n) is 5.40. The summed E-state index contributed by atoms with van der Waals surface area (Å²) >= 11 is 0. The summed E-state index contributed by atoms with van der Waals surface area (Å²) in [5.74, 6) is -1.16. The van der Waals surface area contributed by atoms with Crippen LogP contribution in [0.4, 0.5) is 34.9 Å². The van der Waals surface area contributed by atoms with Crippen LogP contribution < -0.4 is 10.6 Å². The van der Waals surface area contributed by atoms with Crippen molar-refractivity contribution in [2.45, 2.75) is 6.18 Å². The van der Waals surface area contributed by atoms with Gasteiger partial charge in [0.1, 0.15) is 11.5 Å². The molecule has 0 spiro atoms. The van der Waals surface area contributed by atoms with Crippen LogP contribution in [0.2, 0.25) is 0 Å². The Morgan fingerprint density at radius 3 is 2.33 bits per heavy atom. The van der Waals surface area contributed by atoms with Crippen molar-refractivity contribution in [1.82, 2.24) is 9.97 Å². The number of para-hydroxylation sites is 1. The number of nitrogens with zero attached hydrogens (tertiary/aromatic N) is 2. The summed E-state index contributed by atoms with van der Waals surface area (Å²) in [5.41, 5.74) is -0.546. The first kappa shape index (κ1) is 18.3. The maximum atomic E-state index is 13.7. The van der Waals surface area contributed by atoms with Gasteiger partial charge < -0.3 is 10.6 Å². The minimum atomic E-state index is -4.46. The second-order valence-corrected chi connectivity index (χ2v) is 5.40. The van der Waals surface area contributed by atoms with Gasteiger partial charge in [0.15, 0.2) is 0 Å². The number of hydrogen-bond donors (Lipinski definition) is 2. The zero-order valence-electron chi connectivity index (χ0n) is 13.6. The summed E-state index contributed by atoms with van der Waals surface area (Å²) < 4.78 is 51.3. The highest BCUT2D eigenvalue weighted by Gasteiger charge is 2.30. The Morgan fingerprint density at radius 2 is 1.67 bits per heavy atom. The van der Waals surface area contributed by atoms with Gasteiger partial charge in [0.05, 0.1) is 11.3 Å². The van der Waals surface area contributed by atoms with Crippen molar-refractivity contribution in [3.05, 3.63) is 77.9 Å². The number of carbonyl (C=O) groups is 1. The average molecular weight is 376 g/mol. The molecule has 9 heteroatoms. The van der Waals surface area contributed by atoms with Crippen molar-refractivity contribution < 1.29 is 22.4 Å². The highest BCUT2D eigenvalue weighted by Crippen LogP contribution is 2.29. The number of benzene rings is 2. The molecule has 3 rings (SSSR count). The molecule has 2 aromatic carbocycles. The molecule has 0 aliphatic carbocycles. The van der Waals surface area contributed by atoms with Crippen molar-refractivity contribution in [2.24, 2.45) is 0 Å².